The molecule has 3 rings (SSSR count). The first kappa shape index (κ1) is 16.4. The van der Waals surface area contributed by atoms with Crippen LogP contribution < -0.4 is 4.90 Å². The van der Waals surface area contributed by atoms with E-state index in [0.717, 1.165) is 24.9 Å². The first-order valence-corrected chi connectivity index (χ1v) is 9.34. The SMILES string of the molecule is CS(=O)(=O)c1cccc(N2CCC(c3ncn[nH]3)CC2)c1[N+](=O)[O-]. The van der Waals surface area contributed by atoms with E-state index in [1.165, 1.54) is 12.4 Å². The summed E-state index contributed by atoms with van der Waals surface area (Å²) in [7, 11) is -3.68. The molecule has 0 saturated carbocycles. The van der Waals surface area contributed by atoms with Gasteiger partial charge >= 0.3 is 5.69 Å². The molecule has 0 bridgehead atoms. The fourth-order valence-electron chi connectivity index (χ4n) is 3.05. The molecule has 128 valence electrons. The third-order valence-corrected chi connectivity index (χ3v) is 5.34. The van der Waals surface area contributed by atoms with Gasteiger partial charge in [-0.1, -0.05) is 6.07 Å². The van der Waals surface area contributed by atoms with Crippen molar-refractivity contribution in [1.82, 2.24) is 15.2 Å². The van der Waals surface area contributed by atoms with Crippen molar-refractivity contribution < 1.29 is 13.3 Å². The molecular weight excluding hydrogens is 334 g/mol. The van der Waals surface area contributed by atoms with Crippen molar-refractivity contribution in [1.29, 1.82) is 0 Å². The highest BCUT2D eigenvalue weighted by molar-refractivity contribution is 7.90. The van der Waals surface area contributed by atoms with E-state index >= 15 is 0 Å². The van der Waals surface area contributed by atoms with Crippen LogP contribution in [0.1, 0.15) is 24.6 Å². The van der Waals surface area contributed by atoms with Crippen molar-refractivity contribution in [2.24, 2.45) is 0 Å². The molecule has 24 heavy (non-hydrogen) atoms. The number of benzene rings is 1. The molecule has 1 N–H and O–H groups in total. The van der Waals surface area contributed by atoms with Crippen molar-refractivity contribution in [3.05, 3.63) is 40.5 Å². The molecule has 2 aromatic rings. The molecule has 10 heteroatoms. The van der Waals surface area contributed by atoms with Gasteiger partial charge in [-0.25, -0.2) is 13.4 Å². The predicted molar refractivity (Wildman–Crippen MR) is 86.8 cm³/mol. The second-order valence-corrected chi connectivity index (χ2v) is 7.77. The van der Waals surface area contributed by atoms with Gasteiger partial charge in [0.1, 0.15) is 22.7 Å². The Labute approximate surface area is 138 Å². The van der Waals surface area contributed by atoms with Gasteiger partial charge in [-0.05, 0) is 25.0 Å². The Morgan fingerprint density at radius 3 is 2.58 bits per heavy atom. The Morgan fingerprint density at radius 1 is 1.33 bits per heavy atom. The number of aromatic nitrogens is 3. The van der Waals surface area contributed by atoms with Crippen LogP contribution in [0, 0.1) is 10.1 Å². The summed E-state index contributed by atoms with van der Waals surface area (Å²) in [4.78, 5) is 16.6. The highest BCUT2D eigenvalue weighted by Gasteiger charge is 2.31. The van der Waals surface area contributed by atoms with Crippen LogP contribution in [-0.4, -0.2) is 47.9 Å². The second kappa shape index (κ2) is 6.19. The lowest BCUT2D eigenvalue weighted by Crippen LogP contribution is -2.33. The van der Waals surface area contributed by atoms with E-state index < -0.39 is 14.8 Å². The van der Waals surface area contributed by atoms with E-state index in [0.29, 0.717) is 18.8 Å². The average Bonchev–Trinajstić information content (AvgIpc) is 3.08. The molecule has 1 aliphatic heterocycles. The molecule has 2 heterocycles. The molecule has 9 nitrogen and oxygen atoms in total. The Balaban J connectivity index is 1.89. The zero-order valence-corrected chi connectivity index (χ0v) is 13.9. The maximum atomic E-state index is 11.9. The first-order chi connectivity index (χ1) is 11.4. The van der Waals surface area contributed by atoms with Crippen molar-refractivity contribution in [2.45, 2.75) is 23.7 Å². The van der Waals surface area contributed by atoms with E-state index in [2.05, 4.69) is 15.2 Å². The predicted octanol–water partition coefficient (Wildman–Crippen LogP) is 1.50. The number of anilines is 1. The summed E-state index contributed by atoms with van der Waals surface area (Å²) in [5, 5.41) is 18.2. The summed E-state index contributed by atoms with van der Waals surface area (Å²) < 4.78 is 23.7. The van der Waals surface area contributed by atoms with Crippen molar-refractivity contribution in [3.63, 3.8) is 0 Å². The number of hydrogen-bond acceptors (Lipinski definition) is 7. The molecule has 1 aromatic carbocycles. The van der Waals surface area contributed by atoms with Crippen LogP contribution in [0.25, 0.3) is 0 Å². The molecule has 1 saturated heterocycles. The minimum absolute atomic E-state index is 0.223. The molecule has 0 radical (unpaired) electrons. The van der Waals surface area contributed by atoms with Crippen LogP contribution in [0.4, 0.5) is 11.4 Å². The second-order valence-electron chi connectivity index (χ2n) is 5.79. The number of sulfone groups is 1. The number of nitro benzene ring substituents is 1. The number of nitrogens with one attached hydrogen (secondary N) is 1. The number of rotatable bonds is 4. The van der Waals surface area contributed by atoms with Gasteiger partial charge in [-0.3, -0.25) is 15.2 Å². The van der Waals surface area contributed by atoms with Gasteiger partial charge in [-0.15, -0.1) is 0 Å². The zero-order chi connectivity index (χ0) is 17.3. The maximum Gasteiger partial charge on any atom is 0.311 e. The lowest BCUT2D eigenvalue weighted by atomic mass is 9.95. The largest absolute Gasteiger partial charge is 0.366 e. The summed E-state index contributed by atoms with van der Waals surface area (Å²) in [5.41, 5.74) is -0.00272. The number of piperidine rings is 1. The fourth-order valence-corrected chi connectivity index (χ4v) is 3.91. The van der Waals surface area contributed by atoms with Crippen LogP contribution >= 0.6 is 0 Å². The summed E-state index contributed by atoms with van der Waals surface area (Å²) >= 11 is 0. The van der Waals surface area contributed by atoms with E-state index in [9.17, 15) is 18.5 Å². The van der Waals surface area contributed by atoms with Crippen LogP contribution in [0.15, 0.2) is 29.4 Å². The summed E-state index contributed by atoms with van der Waals surface area (Å²) in [6.45, 7) is 1.17. The Kier molecular flexibility index (Phi) is 4.22. The Hall–Kier alpha value is -2.49. The number of nitro groups is 1. The molecule has 0 atom stereocenters. The van der Waals surface area contributed by atoms with Gasteiger partial charge in [-0.2, -0.15) is 5.10 Å². The van der Waals surface area contributed by atoms with Crippen LogP contribution in [-0.2, 0) is 9.84 Å². The van der Waals surface area contributed by atoms with Crippen LogP contribution in [0.2, 0.25) is 0 Å². The van der Waals surface area contributed by atoms with Gasteiger partial charge in [0.2, 0.25) is 0 Å². The average molecular weight is 351 g/mol. The molecule has 0 spiro atoms. The summed E-state index contributed by atoms with van der Waals surface area (Å²) in [5.74, 6) is 1.04. The van der Waals surface area contributed by atoms with E-state index in [4.69, 9.17) is 0 Å². The van der Waals surface area contributed by atoms with Gasteiger partial charge < -0.3 is 4.90 Å². The molecule has 1 fully saturated rings. The molecular formula is C14H17N5O4S. The monoisotopic (exact) mass is 351 g/mol. The lowest BCUT2D eigenvalue weighted by Gasteiger charge is -2.32. The minimum atomic E-state index is -3.68. The van der Waals surface area contributed by atoms with Crippen molar-refractivity contribution >= 4 is 21.2 Å². The number of H-pyrrole nitrogens is 1. The maximum absolute atomic E-state index is 11.9. The molecule has 1 aromatic heterocycles. The summed E-state index contributed by atoms with van der Waals surface area (Å²) in [6.07, 6.45) is 3.96. The smallest absolute Gasteiger partial charge is 0.311 e. The van der Waals surface area contributed by atoms with Crippen molar-refractivity contribution in [2.75, 3.05) is 24.2 Å². The van der Waals surface area contributed by atoms with Gasteiger partial charge in [0, 0.05) is 25.3 Å². The fraction of sp³-hybridized carbons (Fsp3) is 0.429. The zero-order valence-electron chi connectivity index (χ0n) is 13.0. The van der Waals surface area contributed by atoms with Gasteiger partial charge in [0.05, 0.1) is 4.92 Å². The highest BCUT2D eigenvalue weighted by atomic mass is 32.2. The first-order valence-electron chi connectivity index (χ1n) is 7.45. The Bertz CT molecular complexity index is 842. The number of para-hydroxylation sites is 1. The quantitative estimate of drug-likeness (QED) is 0.654. The van der Waals surface area contributed by atoms with Gasteiger partial charge in [0.15, 0.2) is 9.84 Å². The molecule has 1 aliphatic rings. The highest BCUT2D eigenvalue weighted by Crippen LogP contribution is 2.37. The normalized spacial score (nSPS) is 16.3. The minimum Gasteiger partial charge on any atom is -0.366 e. The molecule has 0 aliphatic carbocycles. The number of aromatic amines is 1. The molecule has 0 amide bonds. The number of hydrogen-bond donors (Lipinski definition) is 1. The third kappa shape index (κ3) is 3.09. The Morgan fingerprint density at radius 2 is 2.04 bits per heavy atom. The number of nitrogens with zero attached hydrogens (tertiary/aromatic N) is 4. The molecule has 0 unspecified atom stereocenters. The van der Waals surface area contributed by atoms with Crippen molar-refractivity contribution in [3.8, 4) is 0 Å². The van der Waals surface area contributed by atoms with E-state index in [1.54, 1.807) is 12.1 Å². The third-order valence-electron chi connectivity index (χ3n) is 4.22. The summed E-state index contributed by atoms with van der Waals surface area (Å²) in [6, 6.07) is 4.42. The van der Waals surface area contributed by atoms with Crippen LogP contribution in [0.5, 0.6) is 0 Å². The lowest BCUT2D eigenvalue weighted by molar-refractivity contribution is -0.387. The van der Waals surface area contributed by atoms with Crippen LogP contribution in [0.3, 0.4) is 0 Å². The van der Waals surface area contributed by atoms with E-state index in [-0.39, 0.29) is 16.5 Å². The van der Waals surface area contributed by atoms with Gasteiger partial charge in [0.25, 0.3) is 0 Å². The topological polar surface area (TPSA) is 122 Å². The van der Waals surface area contributed by atoms with E-state index in [1.807, 2.05) is 4.90 Å². The standard InChI is InChI=1S/C14H17N5O4S/c1-24(22,23)12-4-2-3-11(13(12)19(20)21)18-7-5-10(6-8-18)14-15-9-16-17-14/h2-4,9-10H,5-8H2,1H3,(H,15,16,17).